The van der Waals surface area contributed by atoms with E-state index in [1.807, 2.05) is 42.5 Å². The van der Waals surface area contributed by atoms with Crippen LogP contribution in [0.4, 0.5) is 0 Å². The van der Waals surface area contributed by atoms with Gasteiger partial charge in [0.2, 0.25) is 5.82 Å². The molecule has 4 aromatic rings. The van der Waals surface area contributed by atoms with Gasteiger partial charge in [0, 0.05) is 11.1 Å². The number of benzene rings is 3. The van der Waals surface area contributed by atoms with Gasteiger partial charge in [-0.05, 0) is 41.5 Å². The Labute approximate surface area is 201 Å². The predicted molar refractivity (Wildman–Crippen MR) is 127 cm³/mol. The molecule has 0 spiro atoms. The second-order valence-corrected chi connectivity index (χ2v) is 7.37. The predicted octanol–water partition coefficient (Wildman–Crippen LogP) is 3.89. The Morgan fingerprint density at radius 1 is 0.857 bits per heavy atom. The van der Waals surface area contributed by atoms with E-state index >= 15 is 0 Å². The molecule has 178 valence electrons. The number of ether oxygens (including phenoxy) is 3. The topological polar surface area (TPSA) is 113 Å². The maximum absolute atomic E-state index is 12.4. The van der Waals surface area contributed by atoms with Crippen molar-refractivity contribution in [2.75, 3.05) is 20.8 Å². The molecular weight excluding hydrogens is 450 g/mol. The summed E-state index contributed by atoms with van der Waals surface area (Å²) in [5, 5.41) is 6.44. The van der Waals surface area contributed by atoms with Crippen LogP contribution in [0.2, 0.25) is 0 Å². The molecule has 0 aliphatic carbocycles. The molecule has 0 aliphatic rings. The Morgan fingerprint density at radius 3 is 2.26 bits per heavy atom. The van der Waals surface area contributed by atoms with Crippen molar-refractivity contribution in [3.8, 4) is 34.0 Å². The van der Waals surface area contributed by atoms with Crippen molar-refractivity contribution in [1.82, 2.24) is 15.5 Å². The SMILES string of the molecule is COc1ccc(-c2noc(COC(=O)CNC(=O)c3ccc(-c4ccccc4)cc3)n2)cc1OC. The molecule has 0 fully saturated rings. The van der Waals surface area contributed by atoms with E-state index in [1.165, 1.54) is 7.11 Å². The highest BCUT2D eigenvalue weighted by Crippen LogP contribution is 2.31. The van der Waals surface area contributed by atoms with Crippen LogP contribution in [0, 0.1) is 0 Å². The number of carbonyl (C=O) groups excluding carboxylic acids is 2. The van der Waals surface area contributed by atoms with Crippen molar-refractivity contribution in [2.45, 2.75) is 6.61 Å². The Bertz CT molecular complexity index is 1300. The van der Waals surface area contributed by atoms with E-state index in [0.29, 0.717) is 28.5 Å². The van der Waals surface area contributed by atoms with Gasteiger partial charge in [-0.25, -0.2) is 0 Å². The summed E-state index contributed by atoms with van der Waals surface area (Å²) in [4.78, 5) is 28.6. The van der Waals surface area contributed by atoms with Gasteiger partial charge in [-0.3, -0.25) is 9.59 Å². The van der Waals surface area contributed by atoms with Crippen LogP contribution in [0.5, 0.6) is 11.5 Å². The molecule has 1 N–H and O–H groups in total. The minimum atomic E-state index is -0.634. The standard InChI is InChI=1S/C26H23N3O6/c1-32-21-13-12-20(14-22(21)33-2)25-28-23(35-29-25)16-34-24(30)15-27-26(31)19-10-8-18(9-11-19)17-6-4-3-5-7-17/h3-14H,15-16H2,1-2H3,(H,27,31). The summed E-state index contributed by atoms with van der Waals surface area (Å²) < 4.78 is 20.8. The van der Waals surface area contributed by atoms with Crippen molar-refractivity contribution < 1.29 is 28.3 Å². The molecule has 0 atom stereocenters. The quantitative estimate of drug-likeness (QED) is 0.364. The van der Waals surface area contributed by atoms with E-state index in [0.717, 1.165) is 11.1 Å². The molecule has 0 saturated heterocycles. The van der Waals surface area contributed by atoms with Gasteiger partial charge in [0.25, 0.3) is 11.8 Å². The van der Waals surface area contributed by atoms with Crippen LogP contribution in [-0.2, 0) is 16.1 Å². The molecule has 0 bridgehead atoms. The summed E-state index contributed by atoms with van der Waals surface area (Å²) in [7, 11) is 3.07. The van der Waals surface area contributed by atoms with Gasteiger partial charge in [0.1, 0.15) is 6.54 Å². The molecule has 1 aromatic heterocycles. The number of amides is 1. The summed E-state index contributed by atoms with van der Waals surface area (Å²) in [6.07, 6.45) is 0. The minimum Gasteiger partial charge on any atom is -0.493 e. The normalized spacial score (nSPS) is 10.5. The van der Waals surface area contributed by atoms with Crippen molar-refractivity contribution in [3.63, 3.8) is 0 Å². The third-order valence-electron chi connectivity index (χ3n) is 5.11. The molecule has 35 heavy (non-hydrogen) atoms. The van der Waals surface area contributed by atoms with E-state index in [4.69, 9.17) is 18.7 Å². The maximum Gasteiger partial charge on any atom is 0.325 e. The van der Waals surface area contributed by atoms with Gasteiger partial charge in [-0.15, -0.1) is 0 Å². The third-order valence-corrected chi connectivity index (χ3v) is 5.11. The highest BCUT2D eigenvalue weighted by Gasteiger charge is 2.14. The van der Waals surface area contributed by atoms with Crippen LogP contribution in [0.1, 0.15) is 16.2 Å². The molecule has 4 rings (SSSR count). The first-order chi connectivity index (χ1) is 17.1. The molecule has 3 aromatic carbocycles. The fourth-order valence-corrected chi connectivity index (χ4v) is 3.30. The summed E-state index contributed by atoms with van der Waals surface area (Å²) >= 11 is 0. The molecule has 9 heteroatoms. The Hall–Kier alpha value is -4.66. The summed E-state index contributed by atoms with van der Waals surface area (Å²) in [6, 6.07) is 22.1. The first-order valence-electron chi connectivity index (χ1n) is 10.7. The van der Waals surface area contributed by atoms with E-state index in [-0.39, 0.29) is 24.9 Å². The molecule has 1 amide bonds. The molecule has 1 heterocycles. The van der Waals surface area contributed by atoms with Gasteiger partial charge in [0.15, 0.2) is 18.1 Å². The monoisotopic (exact) mass is 473 g/mol. The first kappa shape index (κ1) is 23.5. The number of aromatic nitrogens is 2. The minimum absolute atomic E-state index is 0.117. The lowest BCUT2D eigenvalue weighted by molar-refractivity contribution is -0.144. The molecule has 0 radical (unpaired) electrons. The summed E-state index contributed by atoms with van der Waals surface area (Å²) in [5.74, 6) is 0.506. The lowest BCUT2D eigenvalue weighted by Crippen LogP contribution is -2.30. The lowest BCUT2D eigenvalue weighted by Gasteiger charge is -2.07. The molecule has 0 saturated carbocycles. The number of rotatable bonds is 9. The third kappa shape index (κ3) is 5.83. The number of esters is 1. The largest absolute Gasteiger partial charge is 0.493 e. The van der Waals surface area contributed by atoms with Crippen molar-refractivity contribution in [2.24, 2.45) is 0 Å². The average molecular weight is 473 g/mol. The van der Waals surface area contributed by atoms with Crippen molar-refractivity contribution in [1.29, 1.82) is 0 Å². The zero-order valence-corrected chi connectivity index (χ0v) is 19.2. The van der Waals surface area contributed by atoms with Gasteiger partial charge < -0.3 is 24.1 Å². The smallest absolute Gasteiger partial charge is 0.325 e. The Balaban J connectivity index is 1.27. The zero-order valence-electron chi connectivity index (χ0n) is 19.2. The van der Waals surface area contributed by atoms with Gasteiger partial charge in [0.05, 0.1) is 14.2 Å². The van der Waals surface area contributed by atoms with Crippen LogP contribution in [0.3, 0.4) is 0 Å². The highest BCUT2D eigenvalue weighted by molar-refractivity contribution is 5.96. The Morgan fingerprint density at radius 2 is 1.54 bits per heavy atom. The number of hydrogen-bond acceptors (Lipinski definition) is 8. The molecule has 0 aliphatic heterocycles. The molecule has 0 unspecified atom stereocenters. The number of hydrogen-bond donors (Lipinski definition) is 1. The van der Waals surface area contributed by atoms with E-state index in [1.54, 1.807) is 37.4 Å². The summed E-state index contributed by atoms with van der Waals surface area (Å²) in [5.41, 5.74) is 3.13. The maximum atomic E-state index is 12.4. The van der Waals surface area contributed by atoms with Crippen LogP contribution in [0.15, 0.2) is 77.3 Å². The average Bonchev–Trinajstić information content (AvgIpc) is 3.40. The van der Waals surface area contributed by atoms with E-state index < -0.39 is 5.97 Å². The van der Waals surface area contributed by atoms with Crippen molar-refractivity contribution in [3.05, 3.63) is 84.3 Å². The van der Waals surface area contributed by atoms with Crippen molar-refractivity contribution >= 4 is 11.9 Å². The molecule has 9 nitrogen and oxygen atoms in total. The second-order valence-electron chi connectivity index (χ2n) is 7.37. The Kier molecular flexibility index (Phi) is 7.37. The van der Waals surface area contributed by atoms with Crippen LogP contribution in [0.25, 0.3) is 22.5 Å². The van der Waals surface area contributed by atoms with Gasteiger partial charge in [-0.1, -0.05) is 47.6 Å². The first-order valence-corrected chi connectivity index (χ1v) is 10.7. The van der Waals surface area contributed by atoms with E-state index in [2.05, 4.69) is 15.5 Å². The summed E-state index contributed by atoms with van der Waals surface area (Å²) in [6.45, 7) is -0.517. The number of methoxy groups -OCH3 is 2. The van der Waals surface area contributed by atoms with Crippen LogP contribution in [-0.4, -0.2) is 42.8 Å². The van der Waals surface area contributed by atoms with Gasteiger partial charge >= 0.3 is 5.97 Å². The van der Waals surface area contributed by atoms with Crippen LogP contribution < -0.4 is 14.8 Å². The zero-order chi connectivity index (χ0) is 24.6. The highest BCUT2D eigenvalue weighted by atomic mass is 16.6. The number of nitrogens with zero attached hydrogens (tertiary/aromatic N) is 2. The second kappa shape index (κ2) is 11.0. The van der Waals surface area contributed by atoms with E-state index in [9.17, 15) is 9.59 Å². The molecular formula is C26H23N3O6. The fourth-order valence-electron chi connectivity index (χ4n) is 3.30. The number of carbonyl (C=O) groups is 2. The lowest BCUT2D eigenvalue weighted by atomic mass is 10.0. The van der Waals surface area contributed by atoms with Crippen LogP contribution >= 0.6 is 0 Å². The number of nitrogens with one attached hydrogen (secondary N) is 1. The van der Waals surface area contributed by atoms with Gasteiger partial charge in [-0.2, -0.15) is 4.98 Å². The fraction of sp³-hybridized carbons (Fsp3) is 0.154.